The summed E-state index contributed by atoms with van der Waals surface area (Å²) in [5.74, 6) is 0.537. The Bertz CT molecular complexity index is 1300. The predicted molar refractivity (Wildman–Crippen MR) is 149 cm³/mol. The molecule has 0 radical (unpaired) electrons. The maximum atomic E-state index is 13.5. The Morgan fingerprint density at radius 3 is 2.42 bits per heavy atom. The van der Waals surface area contributed by atoms with Crippen molar-refractivity contribution in [2.45, 2.75) is 65.8 Å². The summed E-state index contributed by atoms with van der Waals surface area (Å²) in [6, 6.07) is 10.1. The molecular weight excluding hydrogens is 539 g/mol. The van der Waals surface area contributed by atoms with Crippen LogP contribution in [0.25, 0.3) is 22.6 Å². The normalized spacial score (nSPS) is 12.4. The van der Waals surface area contributed by atoms with E-state index in [0.29, 0.717) is 30.0 Å². The summed E-state index contributed by atoms with van der Waals surface area (Å²) < 4.78 is 58.4. The number of nitrogens with zero attached hydrogens (tertiary/aromatic N) is 2. The molecule has 2 heterocycles. The molecule has 0 saturated carbocycles. The topological polar surface area (TPSA) is 77.3 Å². The number of halogens is 3. The minimum atomic E-state index is -4.52. The number of carbonyl (C=O) groups is 1. The van der Waals surface area contributed by atoms with E-state index in [4.69, 9.17) is 14.2 Å². The second-order valence-electron chi connectivity index (χ2n) is 11.6. The Hall–Kier alpha value is -3.18. The average molecular weight is 579 g/mol. The second kappa shape index (κ2) is 12.6. The highest BCUT2D eigenvalue weighted by Gasteiger charge is 2.39. The molecule has 218 valence electrons. The number of esters is 1. The van der Waals surface area contributed by atoms with Gasteiger partial charge in [-0.1, -0.05) is 26.6 Å². The van der Waals surface area contributed by atoms with Crippen molar-refractivity contribution in [1.29, 1.82) is 0 Å². The molecule has 7 nitrogen and oxygen atoms in total. The highest BCUT2D eigenvalue weighted by Crippen LogP contribution is 2.31. The average Bonchev–Trinajstić information content (AvgIpc) is 3.34. The lowest BCUT2D eigenvalue weighted by Crippen LogP contribution is -2.36. The van der Waals surface area contributed by atoms with Crippen LogP contribution >= 0.6 is 0 Å². The molecule has 0 aliphatic carbocycles. The third kappa shape index (κ3) is 8.17. The summed E-state index contributed by atoms with van der Waals surface area (Å²) in [4.78, 5) is 19.0. The van der Waals surface area contributed by atoms with Crippen LogP contribution in [-0.4, -0.2) is 44.3 Å². The molecule has 0 spiro atoms. The van der Waals surface area contributed by atoms with Crippen LogP contribution in [0.15, 0.2) is 42.7 Å². The molecule has 3 rings (SSSR count). The van der Waals surface area contributed by atoms with Gasteiger partial charge in [0.25, 0.3) is 5.82 Å². The minimum Gasteiger partial charge on any atom is -0.492 e. The Kier molecular flexibility index (Phi) is 9.84. The van der Waals surface area contributed by atoms with Gasteiger partial charge in [-0.2, -0.15) is 13.2 Å². The van der Waals surface area contributed by atoms with E-state index in [0.717, 1.165) is 23.4 Å². The van der Waals surface area contributed by atoms with Gasteiger partial charge in [-0.3, -0.25) is 9.78 Å². The molecular formula is C29H39F3N3O4Si+. The van der Waals surface area contributed by atoms with E-state index in [-0.39, 0.29) is 25.1 Å². The van der Waals surface area contributed by atoms with E-state index in [1.54, 1.807) is 32.2 Å². The fourth-order valence-electron chi connectivity index (χ4n) is 3.97. The zero-order valence-electron chi connectivity index (χ0n) is 24.2. The summed E-state index contributed by atoms with van der Waals surface area (Å²) in [6.07, 6.45) is -1.22. The van der Waals surface area contributed by atoms with Gasteiger partial charge in [-0.05, 0) is 62.2 Å². The maximum Gasteiger partial charge on any atom is 0.457 e. The number of H-pyrrole nitrogens is 1. The number of alkyl halides is 3. The largest absolute Gasteiger partial charge is 0.492 e. The lowest BCUT2D eigenvalue weighted by molar-refractivity contribution is -0.721. The van der Waals surface area contributed by atoms with Crippen molar-refractivity contribution < 1.29 is 36.7 Å². The van der Waals surface area contributed by atoms with Gasteiger partial charge in [-0.25, -0.2) is 9.55 Å². The molecule has 0 unspecified atom stereocenters. The van der Waals surface area contributed by atoms with E-state index in [1.807, 2.05) is 25.1 Å². The molecule has 11 heteroatoms. The van der Waals surface area contributed by atoms with Crippen LogP contribution in [0, 0.1) is 5.41 Å². The summed E-state index contributed by atoms with van der Waals surface area (Å²) in [7, 11) is 0.0215. The second-order valence-corrected chi connectivity index (χ2v) is 17.2. The van der Waals surface area contributed by atoms with Gasteiger partial charge < -0.3 is 14.2 Å². The third-order valence-electron chi connectivity index (χ3n) is 6.47. The Morgan fingerprint density at radius 1 is 1.12 bits per heavy atom. The summed E-state index contributed by atoms with van der Waals surface area (Å²) in [5, 5.41) is 0. The van der Waals surface area contributed by atoms with Crippen molar-refractivity contribution in [3.8, 4) is 28.4 Å². The van der Waals surface area contributed by atoms with E-state index >= 15 is 0 Å². The first-order chi connectivity index (χ1) is 18.6. The van der Waals surface area contributed by atoms with Crippen LogP contribution in [-0.2, 0) is 33.6 Å². The Morgan fingerprint density at radius 2 is 1.85 bits per heavy atom. The van der Waals surface area contributed by atoms with Crippen LogP contribution in [0.4, 0.5) is 13.2 Å². The van der Waals surface area contributed by atoms with Crippen LogP contribution in [0.5, 0.6) is 5.75 Å². The minimum absolute atomic E-state index is 0.00235. The lowest BCUT2D eigenvalue weighted by atomic mass is 9.95. The number of methoxy groups -OCH3 is 1. The Labute approximate surface area is 234 Å². The monoisotopic (exact) mass is 578 g/mol. The quantitative estimate of drug-likeness (QED) is 0.115. The number of rotatable bonds is 12. The number of hydrogen-bond donors (Lipinski definition) is 1. The van der Waals surface area contributed by atoms with Crippen LogP contribution in [0.3, 0.4) is 0 Å². The number of pyridine rings is 1. The number of benzene rings is 1. The third-order valence-corrected chi connectivity index (χ3v) is 8.17. The summed E-state index contributed by atoms with van der Waals surface area (Å²) in [6.45, 7) is 12.8. The number of aromatic nitrogens is 3. The summed E-state index contributed by atoms with van der Waals surface area (Å²) >= 11 is 0. The molecule has 0 aliphatic heterocycles. The molecule has 0 fully saturated rings. The van der Waals surface area contributed by atoms with E-state index < -0.39 is 25.4 Å². The molecule has 0 amide bonds. The van der Waals surface area contributed by atoms with Gasteiger partial charge >= 0.3 is 12.1 Å². The fraction of sp³-hybridized carbons (Fsp3) is 0.483. The smallest absolute Gasteiger partial charge is 0.457 e. The molecule has 1 N–H and O–H groups in total. The first-order valence-electron chi connectivity index (χ1n) is 13.2. The van der Waals surface area contributed by atoms with E-state index in [9.17, 15) is 18.0 Å². The van der Waals surface area contributed by atoms with E-state index in [1.165, 1.54) is 11.7 Å². The molecule has 0 saturated heterocycles. The molecule has 0 aliphatic rings. The van der Waals surface area contributed by atoms with Crippen LogP contribution in [0.2, 0.25) is 25.7 Å². The number of aryl methyl sites for hydroxylation is 1. The number of hydrogen-bond acceptors (Lipinski definition) is 5. The van der Waals surface area contributed by atoms with Gasteiger partial charge in [-0.15, -0.1) is 0 Å². The van der Waals surface area contributed by atoms with Gasteiger partial charge in [0, 0.05) is 26.4 Å². The van der Waals surface area contributed by atoms with Crippen molar-refractivity contribution in [1.82, 2.24) is 9.97 Å². The molecule has 40 heavy (non-hydrogen) atoms. The zero-order chi connectivity index (χ0) is 29.7. The molecule has 0 bridgehead atoms. The number of nitrogens with one attached hydrogen (secondary N) is 1. The predicted octanol–water partition coefficient (Wildman–Crippen LogP) is 6.50. The highest BCUT2D eigenvalue weighted by atomic mass is 28.3. The first kappa shape index (κ1) is 31.3. The van der Waals surface area contributed by atoms with Gasteiger partial charge in [0.1, 0.15) is 18.6 Å². The van der Waals surface area contributed by atoms with Gasteiger partial charge in [0.05, 0.1) is 23.8 Å². The standard InChI is InChI=1S/C29H38F3N3O4Si/c1-8-20-15-22(39-18-28(2,3)27(36)37-4)10-11-23(20)24-12-9-21(16-33-24)26-34-25(29(30,31)32)17-35(26)19-38-13-14-40(5,6)7/h9-12,15-17H,8,13-14,18-19H2,1-7H3/p+1. The number of aromatic amines is 1. The van der Waals surface area contributed by atoms with Crippen molar-refractivity contribution in [3.05, 3.63) is 54.0 Å². The van der Waals surface area contributed by atoms with Crippen molar-refractivity contribution in [3.63, 3.8) is 0 Å². The molecule has 1 aromatic carbocycles. The van der Waals surface area contributed by atoms with Crippen LogP contribution < -0.4 is 9.30 Å². The zero-order valence-corrected chi connectivity index (χ0v) is 25.2. The van der Waals surface area contributed by atoms with Crippen molar-refractivity contribution >= 4 is 14.0 Å². The van der Waals surface area contributed by atoms with Gasteiger partial charge in [0.2, 0.25) is 5.69 Å². The molecule has 0 atom stereocenters. The number of carbonyl (C=O) groups excluding carboxylic acids is 1. The number of imidazole rings is 1. The van der Waals surface area contributed by atoms with E-state index in [2.05, 4.69) is 29.6 Å². The number of ether oxygens (including phenoxy) is 3. The SMILES string of the molecule is CCc1cc(OCC(C)(C)C(=O)OC)ccc1-c1ccc(-c2[nH]c(C(F)(F)F)c[n+]2COCC[Si](C)(C)C)cn1. The maximum absolute atomic E-state index is 13.5. The first-order valence-corrected chi connectivity index (χ1v) is 16.9. The van der Waals surface area contributed by atoms with Gasteiger partial charge in [0.15, 0.2) is 6.73 Å². The fourth-order valence-corrected chi connectivity index (χ4v) is 4.73. The highest BCUT2D eigenvalue weighted by molar-refractivity contribution is 6.76. The lowest BCUT2D eigenvalue weighted by Gasteiger charge is -2.22. The summed E-state index contributed by atoms with van der Waals surface area (Å²) in [5.41, 5.74) is 1.42. The Balaban J connectivity index is 1.82. The molecule has 3 aromatic rings. The molecule has 2 aromatic heterocycles. The van der Waals surface area contributed by atoms with Crippen LogP contribution in [0.1, 0.15) is 32.0 Å². The van der Waals surface area contributed by atoms with Crippen molar-refractivity contribution in [2.75, 3.05) is 20.3 Å². The van der Waals surface area contributed by atoms with Crippen molar-refractivity contribution in [2.24, 2.45) is 5.41 Å².